The molecule has 1 amide bonds. The minimum absolute atomic E-state index is 0.0269. The number of unbranched alkanes of at least 4 members (excludes halogenated alkanes) is 1. The highest BCUT2D eigenvalue weighted by atomic mass is 35.5. The van der Waals surface area contributed by atoms with Crippen LogP contribution in [0.5, 0.6) is 0 Å². The van der Waals surface area contributed by atoms with Gasteiger partial charge in [-0.15, -0.1) is 0 Å². The molecule has 0 saturated heterocycles. The molecule has 0 bridgehead atoms. The second-order valence-corrected chi connectivity index (χ2v) is 22.0. The number of nitrogens with zero attached hydrogens (tertiary/aromatic N) is 4. The van der Waals surface area contributed by atoms with E-state index in [2.05, 4.69) is 31.7 Å². The molecule has 2 heterocycles. The molecular weight excluding hydrogens is 692 g/mol. The summed E-state index contributed by atoms with van der Waals surface area (Å²) in [5.41, 5.74) is 0.830. The Hall–Kier alpha value is -3.03. The Morgan fingerprint density at radius 1 is 1.10 bits per heavy atom. The molecule has 1 aliphatic carbocycles. The fraction of sp³-hybridized carbons (Fsp3) is 0.541. The van der Waals surface area contributed by atoms with Crippen LogP contribution in [0.1, 0.15) is 78.4 Å². The lowest BCUT2D eigenvalue weighted by Crippen LogP contribution is -2.40. The van der Waals surface area contributed by atoms with Crippen molar-refractivity contribution in [2.24, 2.45) is 4.99 Å². The van der Waals surface area contributed by atoms with E-state index in [-0.39, 0.29) is 46.3 Å². The first-order chi connectivity index (χ1) is 24.6. The molecule has 272 valence electrons. The third kappa shape index (κ3) is 8.36. The van der Waals surface area contributed by atoms with Gasteiger partial charge in [0.15, 0.2) is 5.76 Å². The number of rotatable bonds is 17. The van der Waals surface area contributed by atoms with Crippen LogP contribution in [0.2, 0.25) is 30.7 Å². The molecule has 0 N–H and O–H groups in total. The molecule has 0 atom stereocenters. The second-order valence-electron chi connectivity index (χ2n) is 14.2. The number of hydrogen-bond donors (Lipinski definition) is 0. The van der Waals surface area contributed by atoms with Crippen molar-refractivity contribution in [2.45, 2.75) is 115 Å². The number of benzene rings is 2. The molecule has 13 heteroatoms. The van der Waals surface area contributed by atoms with E-state index in [0.717, 1.165) is 36.0 Å². The summed E-state index contributed by atoms with van der Waals surface area (Å²) >= 11 is 6.52. The zero-order valence-electron chi connectivity index (χ0n) is 32.1. The molecular formula is C37H51ClN4O6SSi. The SMILES string of the molecule is [2H]C([2H])(c1ccc(-c2ccccc2S(=O)(=O)N(COCC[Si](C)(C)C)c2noc(C)c2Cl)c(COCC)c1)N1C(=O)C2(CCCC2)N=C1CCCC. The van der Waals surface area contributed by atoms with Gasteiger partial charge < -0.3 is 14.0 Å². The Labute approximate surface area is 306 Å². The van der Waals surface area contributed by atoms with Crippen LogP contribution in [0.15, 0.2) is 56.9 Å². The van der Waals surface area contributed by atoms with E-state index >= 15 is 0 Å². The molecule has 1 saturated carbocycles. The minimum atomic E-state index is -4.35. The van der Waals surface area contributed by atoms with Gasteiger partial charge in [0.05, 0.1) is 20.7 Å². The van der Waals surface area contributed by atoms with Gasteiger partial charge in [-0.3, -0.25) is 14.7 Å². The number of amides is 1. The molecule has 5 rings (SSSR count). The zero-order valence-corrected chi connectivity index (χ0v) is 32.6. The van der Waals surface area contributed by atoms with E-state index in [1.807, 2.05) is 6.92 Å². The first-order valence-electron chi connectivity index (χ1n) is 18.5. The maximum absolute atomic E-state index is 14.7. The number of hydrogen-bond acceptors (Lipinski definition) is 8. The van der Waals surface area contributed by atoms with Gasteiger partial charge in [0.25, 0.3) is 15.9 Å². The van der Waals surface area contributed by atoms with Gasteiger partial charge in [0.1, 0.15) is 23.1 Å². The van der Waals surface area contributed by atoms with Crippen molar-refractivity contribution in [1.29, 1.82) is 0 Å². The predicted octanol–water partition coefficient (Wildman–Crippen LogP) is 8.59. The Morgan fingerprint density at radius 2 is 1.84 bits per heavy atom. The first-order valence-corrected chi connectivity index (χ1v) is 23.1. The topological polar surface area (TPSA) is 115 Å². The van der Waals surface area contributed by atoms with Crippen molar-refractivity contribution in [3.63, 3.8) is 0 Å². The van der Waals surface area contributed by atoms with Gasteiger partial charge in [-0.1, -0.05) is 99.0 Å². The third-order valence-corrected chi connectivity index (χ3v) is 13.1. The van der Waals surface area contributed by atoms with Crippen LogP contribution in [-0.2, 0) is 37.4 Å². The lowest BCUT2D eigenvalue weighted by atomic mass is 9.96. The van der Waals surface area contributed by atoms with Crippen LogP contribution in [-0.4, -0.2) is 63.8 Å². The van der Waals surface area contributed by atoms with Crippen molar-refractivity contribution in [3.8, 4) is 11.1 Å². The molecule has 1 aromatic heterocycles. The summed E-state index contributed by atoms with van der Waals surface area (Å²) in [6.45, 7) is 10.4. The molecule has 1 spiro atoms. The summed E-state index contributed by atoms with van der Waals surface area (Å²) in [4.78, 5) is 20.2. The maximum atomic E-state index is 14.7. The summed E-state index contributed by atoms with van der Waals surface area (Å²) in [6.07, 6.45) is 5.18. The van der Waals surface area contributed by atoms with Gasteiger partial charge in [0, 0.05) is 33.3 Å². The number of aliphatic imine (C=N–C) groups is 1. The first kappa shape index (κ1) is 35.4. The predicted molar refractivity (Wildman–Crippen MR) is 201 cm³/mol. The smallest absolute Gasteiger partial charge is 0.268 e. The monoisotopic (exact) mass is 744 g/mol. The van der Waals surface area contributed by atoms with Crippen LogP contribution >= 0.6 is 11.6 Å². The van der Waals surface area contributed by atoms with E-state index in [0.29, 0.717) is 55.0 Å². The summed E-state index contributed by atoms with van der Waals surface area (Å²) < 4.78 is 66.2. The van der Waals surface area contributed by atoms with E-state index in [1.54, 1.807) is 43.3 Å². The number of carbonyl (C=O) groups excluding carboxylic acids is 1. The van der Waals surface area contributed by atoms with Gasteiger partial charge >= 0.3 is 0 Å². The highest BCUT2D eigenvalue weighted by Gasteiger charge is 2.49. The number of aryl methyl sites for hydroxylation is 1. The fourth-order valence-corrected chi connectivity index (χ4v) is 8.75. The summed E-state index contributed by atoms with van der Waals surface area (Å²) in [5, 5.41) is 4.06. The highest BCUT2D eigenvalue weighted by molar-refractivity contribution is 7.93. The van der Waals surface area contributed by atoms with Crippen LogP contribution in [0.25, 0.3) is 11.1 Å². The lowest BCUT2D eigenvalue weighted by Gasteiger charge is -2.25. The van der Waals surface area contributed by atoms with Gasteiger partial charge in [0.2, 0.25) is 5.82 Å². The fourth-order valence-electron chi connectivity index (χ4n) is 6.27. The van der Waals surface area contributed by atoms with Gasteiger partial charge in [-0.05, 0) is 61.9 Å². The Morgan fingerprint density at radius 3 is 2.50 bits per heavy atom. The Balaban J connectivity index is 1.57. The second kappa shape index (κ2) is 16.1. The van der Waals surface area contributed by atoms with Crippen molar-refractivity contribution < 1.29 is 30.0 Å². The van der Waals surface area contributed by atoms with E-state index in [4.69, 9.17) is 30.6 Å². The van der Waals surface area contributed by atoms with Gasteiger partial charge in [-0.2, -0.15) is 0 Å². The number of amidine groups is 1. The van der Waals surface area contributed by atoms with Crippen LogP contribution in [0.4, 0.5) is 5.82 Å². The number of aromatic nitrogens is 1. The quantitative estimate of drug-likeness (QED) is 0.0773. The minimum Gasteiger partial charge on any atom is -0.377 e. The largest absolute Gasteiger partial charge is 0.377 e. The third-order valence-electron chi connectivity index (χ3n) is 9.16. The van der Waals surface area contributed by atoms with Crippen molar-refractivity contribution in [2.75, 3.05) is 24.2 Å². The summed E-state index contributed by atoms with van der Waals surface area (Å²) in [5.74, 6) is 0.395. The van der Waals surface area contributed by atoms with Crippen molar-refractivity contribution >= 4 is 47.3 Å². The van der Waals surface area contributed by atoms with E-state index < -0.39 is 30.1 Å². The van der Waals surface area contributed by atoms with Gasteiger partial charge in [-0.25, -0.2) is 12.7 Å². The van der Waals surface area contributed by atoms with E-state index in [9.17, 15) is 16.0 Å². The number of halogens is 1. The number of anilines is 1. The average molecular weight is 745 g/mol. The van der Waals surface area contributed by atoms with Crippen LogP contribution in [0, 0.1) is 6.92 Å². The highest BCUT2D eigenvalue weighted by Crippen LogP contribution is 2.41. The summed E-state index contributed by atoms with van der Waals surface area (Å²) in [7, 11) is -5.82. The molecule has 0 unspecified atom stereocenters. The average Bonchev–Trinajstić information content (AvgIpc) is 3.79. The summed E-state index contributed by atoms with van der Waals surface area (Å²) in [6, 6.07) is 12.4. The molecule has 0 radical (unpaired) electrons. The maximum Gasteiger partial charge on any atom is 0.268 e. The lowest BCUT2D eigenvalue weighted by molar-refractivity contribution is -0.131. The molecule has 10 nitrogen and oxygen atoms in total. The molecule has 50 heavy (non-hydrogen) atoms. The number of sulfonamides is 1. The zero-order chi connectivity index (χ0) is 37.9. The van der Waals surface area contributed by atoms with Crippen LogP contribution in [0.3, 0.4) is 0 Å². The molecule has 1 fully saturated rings. The molecule has 1 aliphatic heterocycles. The molecule has 2 aromatic carbocycles. The standard InChI is InChI=1S/C37H51ClN4O6SSi/c1-7-9-16-33-39-37(19-12-13-20-37)36(43)41(33)24-28-17-18-30(29(23-28)25-46-8-2)31-14-10-11-15-32(31)49(44,45)42(26-47-21-22-50(4,5)6)35-34(38)27(3)48-40-35/h10-11,14-15,17-18,23H,7-9,12-13,16,19-22,24-26H2,1-6H3/i24D2. The number of ether oxygens (including phenoxy) is 2. The Bertz CT molecular complexity index is 1890. The van der Waals surface area contributed by atoms with Crippen molar-refractivity contribution in [3.05, 3.63) is 64.4 Å². The molecule has 2 aliphatic rings. The van der Waals surface area contributed by atoms with E-state index in [1.165, 1.54) is 11.0 Å². The normalized spacial score (nSPS) is 17.0. The molecule has 3 aromatic rings. The van der Waals surface area contributed by atoms with Crippen LogP contribution < -0.4 is 4.31 Å². The number of carbonyl (C=O) groups is 1. The van der Waals surface area contributed by atoms with Crippen molar-refractivity contribution in [1.82, 2.24) is 10.1 Å². The Kier molecular flexibility index (Phi) is 11.4.